The summed E-state index contributed by atoms with van der Waals surface area (Å²) in [5.41, 5.74) is 0.997. The van der Waals surface area contributed by atoms with Crippen LogP contribution in [0.4, 0.5) is 5.95 Å². The Kier molecular flexibility index (Phi) is 4.51. The molecule has 0 aliphatic carbocycles. The van der Waals surface area contributed by atoms with Crippen LogP contribution < -0.4 is 5.32 Å². The van der Waals surface area contributed by atoms with E-state index in [0.717, 1.165) is 37.0 Å². The maximum absolute atomic E-state index is 5.09. The number of rotatable bonds is 7. The van der Waals surface area contributed by atoms with Crippen molar-refractivity contribution in [2.24, 2.45) is 7.05 Å². The van der Waals surface area contributed by atoms with Gasteiger partial charge in [0.2, 0.25) is 5.95 Å². The second kappa shape index (κ2) is 6.33. The van der Waals surface area contributed by atoms with Crippen molar-refractivity contribution >= 4 is 5.95 Å². The molecular formula is C12H20N6O. The van der Waals surface area contributed by atoms with Gasteiger partial charge in [-0.3, -0.25) is 0 Å². The third-order valence-corrected chi connectivity index (χ3v) is 2.87. The highest BCUT2D eigenvalue weighted by atomic mass is 16.5. The van der Waals surface area contributed by atoms with Gasteiger partial charge in [-0.25, -0.2) is 4.98 Å². The molecule has 2 aromatic heterocycles. The molecule has 1 N–H and O–H groups in total. The fourth-order valence-electron chi connectivity index (χ4n) is 1.87. The average Bonchev–Trinajstić information content (AvgIpc) is 2.94. The number of imidazole rings is 1. The van der Waals surface area contributed by atoms with E-state index in [0.29, 0.717) is 6.61 Å². The molecule has 0 saturated heterocycles. The summed E-state index contributed by atoms with van der Waals surface area (Å²) in [5, 5.41) is 11.2. The predicted octanol–water partition coefficient (Wildman–Crippen LogP) is 0.621. The van der Waals surface area contributed by atoms with Gasteiger partial charge in [-0.1, -0.05) is 0 Å². The third-order valence-electron chi connectivity index (χ3n) is 2.87. The molecule has 2 rings (SSSR count). The van der Waals surface area contributed by atoms with E-state index >= 15 is 0 Å². The van der Waals surface area contributed by atoms with E-state index in [1.165, 1.54) is 0 Å². The van der Waals surface area contributed by atoms with E-state index in [-0.39, 0.29) is 0 Å². The lowest BCUT2D eigenvalue weighted by Gasteiger charge is -2.08. The van der Waals surface area contributed by atoms with Crippen molar-refractivity contribution < 1.29 is 4.74 Å². The second-order valence-electron chi connectivity index (χ2n) is 4.43. The minimum absolute atomic E-state index is 0.674. The van der Waals surface area contributed by atoms with Crippen LogP contribution in [0.2, 0.25) is 0 Å². The second-order valence-corrected chi connectivity index (χ2v) is 4.43. The lowest BCUT2D eigenvalue weighted by atomic mass is 10.4. The molecule has 0 aliphatic heterocycles. The van der Waals surface area contributed by atoms with Gasteiger partial charge in [0.25, 0.3) is 0 Å². The molecular weight excluding hydrogens is 244 g/mol. The first-order chi connectivity index (χ1) is 9.20. The highest BCUT2D eigenvalue weighted by Gasteiger charge is 2.06. The Morgan fingerprint density at radius 3 is 2.95 bits per heavy atom. The summed E-state index contributed by atoms with van der Waals surface area (Å²) < 4.78 is 9.08. The number of methoxy groups -OCH3 is 1. The summed E-state index contributed by atoms with van der Waals surface area (Å²) in [6, 6.07) is 0. The van der Waals surface area contributed by atoms with Crippen LogP contribution in [0.25, 0.3) is 0 Å². The average molecular weight is 264 g/mol. The van der Waals surface area contributed by atoms with Gasteiger partial charge in [0.15, 0.2) is 0 Å². The van der Waals surface area contributed by atoms with Crippen molar-refractivity contribution in [3.63, 3.8) is 0 Å². The molecule has 0 unspecified atom stereocenters. The summed E-state index contributed by atoms with van der Waals surface area (Å²) in [6.45, 7) is 4.23. The van der Waals surface area contributed by atoms with E-state index < -0.39 is 0 Å². The maximum atomic E-state index is 5.09. The molecule has 7 nitrogen and oxygen atoms in total. The number of hydrogen-bond acceptors (Lipinski definition) is 5. The fourth-order valence-corrected chi connectivity index (χ4v) is 1.87. The third kappa shape index (κ3) is 3.54. The molecule has 0 aromatic carbocycles. The van der Waals surface area contributed by atoms with Gasteiger partial charge in [0, 0.05) is 39.9 Å². The molecule has 104 valence electrons. The lowest BCUT2D eigenvalue weighted by Crippen LogP contribution is -2.13. The molecule has 7 heteroatoms. The van der Waals surface area contributed by atoms with Gasteiger partial charge in [-0.05, 0) is 6.92 Å². The van der Waals surface area contributed by atoms with E-state index in [1.807, 2.05) is 24.7 Å². The molecule has 0 radical (unpaired) electrons. The monoisotopic (exact) mass is 264 g/mol. The van der Waals surface area contributed by atoms with Gasteiger partial charge >= 0.3 is 0 Å². The van der Waals surface area contributed by atoms with Gasteiger partial charge < -0.3 is 19.2 Å². The molecule has 0 atom stereocenters. The number of aryl methyl sites for hydroxylation is 2. The minimum Gasteiger partial charge on any atom is -0.383 e. The van der Waals surface area contributed by atoms with Crippen LogP contribution in [0.5, 0.6) is 0 Å². The normalized spacial score (nSPS) is 10.9. The fraction of sp³-hybridized carbons (Fsp3) is 0.583. The zero-order valence-corrected chi connectivity index (χ0v) is 11.6. The summed E-state index contributed by atoms with van der Waals surface area (Å²) in [6.07, 6.45) is 4.54. The predicted molar refractivity (Wildman–Crippen MR) is 72.0 cm³/mol. The standard InChI is InChI=1S/C12H20N6O/c1-10-8-18(6-7-19-3)12(15-10)13-5-4-11-16-14-9-17(11)2/h8-9H,4-7H2,1-3H3,(H,13,15). The number of ether oxygens (including phenoxy) is 1. The van der Waals surface area contributed by atoms with E-state index in [2.05, 4.69) is 25.1 Å². The largest absolute Gasteiger partial charge is 0.383 e. The Morgan fingerprint density at radius 1 is 1.42 bits per heavy atom. The Bertz CT molecular complexity index is 518. The first-order valence-electron chi connectivity index (χ1n) is 6.30. The molecule has 19 heavy (non-hydrogen) atoms. The Balaban J connectivity index is 1.90. The highest BCUT2D eigenvalue weighted by Crippen LogP contribution is 2.08. The summed E-state index contributed by atoms with van der Waals surface area (Å²) in [5.74, 6) is 1.83. The van der Waals surface area contributed by atoms with Crippen molar-refractivity contribution in [3.8, 4) is 0 Å². The number of hydrogen-bond donors (Lipinski definition) is 1. The molecule has 0 saturated carbocycles. The smallest absolute Gasteiger partial charge is 0.203 e. The van der Waals surface area contributed by atoms with Crippen LogP contribution in [0.15, 0.2) is 12.5 Å². The molecule has 0 spiro atoms. The van der Waals surface area contributed by atoms with Crippen LogP contribution in [0.1, 0.15) is 11.5 Å². The van der Waals surface area contributed by atoms with Crippen molar-refractivity contribution in [3.05, 3.63) is 24.0 Å². The van der Waals surface area contributed by atoms with Gasteiger partial charge in [0.1, 0.15) is 12.2 Å². The summed E-state index contributed by atoms with van der Waals surface area (Å²) in [4.78, 5) is 4.46. The van der Waals surface area contributed by atoms with E-state index in [9.17, 15) is 0 Å². The van der Waals surface area contributed by atoms with Crippen molar-refractivity contribution in [1.82, 2.24) is 24.3 Å². The molecule has 0 fully saturated rings. The summed E-state index contributed by atoms with van der Waals surface area (Å²) >= 11 is 0. The Labute approximate surface area is 112 Å². The Morgan fingerprint density at radius 2 is 2.26 bits per heavy atom. The van der Waals surface area contributed by atoms with Crippen LogP contribution in [0, 0.1) is 6.92 Å². The molecule has 0 amide bonds. The molecule has 2 heterocycles. The lowest BCUT2D eigenvalue weighted by molar-refractivity contribution is 0.187. The van der Waals surface area contributed by atoms with Gasteiger partial charge in [-0.15, -0.1) is 10.2 Å². The zero-order valence-electron chi connectivity index (χ0n) is 11.6. The molecule has 0 bridgehead atoms. The van der Waals surface area contributed by atoms with E-state index in [1.54, 1.807) is 13.4 Å². The number of anilines is 1. The molecule has 0 aliphatic rings. The minimum atomic E-state index is 0.674. The van der Waals surface area contributed by atoms with Gasteiger partial charge in [0.05, 0.1) is 12.3 Å². The summed E-state index contributed by atoms with van der Waals surface area (Å²) in [7, 11) is 3.64. The maximum Gasteiger partial charge on any atom is 0.203 e. The van der Waals surface area contributed by atoms with Crippen molar-refractivity contribution in [2.45, 2.75) is 19.9 Å². The quantitative estimate of drug-likeness (QED) is 0.794. The number of nitrogens with zero attached hydrogens (tertiary/aromatic N) is 5. The highest BCUT2D eigenvalue weighted by molar-refractivity contribution is 5.28. The van der Waals surface area contributed by atoms with Crippen LogP contribution in [-0.4, -0.2) is 44.6 Å². The SMILES string of the molecule is COCCn1cc(C)nc1NCCc1nncn1C. The van der Waals surface area contributed by atoms with Crippen LogP contribution in [-0.2, 0) is 24.8 Å². The zero-order chi connectivity index (χ0) is 13.7. The number of aromatic nitrogens is 5. The van der Waals surface area contributed by atoms with Crippen LogP contribution >= 0.6 is 0 Å². The first-order valence-corrected chi connectivity index (χ1v) is 6.30. The van der Waals surface area contributed by atoms with Crippen molar-refractivity contribution in [1.29, 1.82) is 0 Å². The van der Waals surface area contributed by atoms with E-state index in [4.69, 9.17) is 4.74 Å². The topological polar surface area (TPSA) is 69.8 Å². The number of nitrogens with one attached hydrogen (secondary N) is 1. The van der Waals surface area contributed by atoms with Crippen molar-refractivity contribution in [2.75, 3.05) is 25.6 Å². The van der Waals surface area contributed by atoms with Gasteiger partial charge in [-0.2, -0.15) is 0 Å². The Hall–Kier alpha value is -1.89. The van der Waals surface area contributed by atoms with Crippen LogP contribution in [0.3, 0.4) is 0 Å². The molecule has 2 aromatic rings. The first kappa shape index (κ1) is 13.5.